The van der Waals surface area contributed by atoms with Gasteiger partial charge in [-0.15, -0.1) is 11.8 Å². The second kappa shape index (κ2) is 8.40. The first-order valence-corrected chi connectivity index (χ1v) is 11.0. The molecule has 1 aliphatic rings. The maximum atomic E-state index is 13.6. The van der Waals surface area contributed by atoms with E-state index in [0.717, 1.165) is 10.8 Å². The van der Waals surface area contributed by atoms with E-state index >= 15 is 0 Å². The number of non-ortho nitro benzene ring substituents is 1. The normalized spacial score (nSPS) is 13.9. The van der Waals surface area contributed by atoms with Crippen LogP contribution in [0.1, 0.15) is 11.3 Å². The van der Waals surface area contributed by atoms with E-state index in [-0.39, 0.29) is 16.2 Å². The van der Waals surface area contributed by atoms with Gasteiger partial charge in [0, 0.05) is 17.5 Å². The molecular formula is C25H16N2O5S. The van der Waals surface area contributed by atoms with Crippen LogP contribution in [-0.4, -0.2) is 16.7 Å². The largest absolute Gasteiger partial charge is 0.468 e. The third-order valence-corrected chi connectivity index (χ3v) is 6.45. The van der Waals surface area contributed by atoms with Crippen molar-refractivity contribution in [2.24, 2.45) is 0 Å². The molecule has 0 N–H and O–H groups in total. The van der Waals surface area contributed by atoms with Crippen molar-refractivity contribution >= 4 is 51.3 Å². The second-order valence-corrected chi connectivity index (χ2v) is 8.31. The van der Waals surface area contributed by atoms with Crippen LogP contribution in [0.2, 0.25) is 0 Å². The van der Waals surface area contributed by atoms with E-state index in [0.29, 0.717) is 22.8 Å². The van der Waals surface area contributed by atoms with Gasteiger partial charge in [0.15, 0.2) is 0 Å². The average molecular weight is 456 g/mol. The second-order valence-electron chi connectivity index (χ2n) is 7.32. The van der Waals surface area contributed by atoms with Crippen LogP contribution in [0.15, 0.2) is 94.4 Å². The van der Waals surface area contributed by atoms with Crippen molar-refractivity contribution < 1.29 is 18.9 Å². The number of carbonyl (C=O) groups excluding carboxylic acids is 2. The van der Waals surface area contributed by atoms with Crippen molar-refractivity contribution in [2.45, 2.75) is 5.75 Å². The van der Waals surface area contributed by atoms with Gasteiger partial charge >= 0.3 is 0 Å². The minimum atomic E-state index is -0.505. The van der Waals surface area contributed by atoms with Crippen LogP contribution in [0, 0.1) is 10.1 Å². The Labute approximate surface area is 192 Å². The van der Waals surface area contributed by atoms with Gasteiger partial charge in [-0.25, -0.2) is 4.90 Å². The lowest BCUT2D eigenvalue weighted by Gasteiger charge is -2.17. The molecule has 0 bridgehead atoms. The molecule has 0 unspecified atom stereocenters. The Bertz CT molecular complexity index is 1420. The van der Waals surface area contributed by atoms with Gasteiger partial charge in [-0.2, -0.15) is 0 Å². The summed E-state index contributed by atoms with van der Waals surface area (Å²) in [5, 5.41) is 12.7. The van der Waals surface area contributed by atoms with Gasteiger partial charge in [-0.1, -0.05) is 36.4 Å². The number of benzene rings is 3. The summed E-state index contributed by atoms with van der Waals surface area (Å²) >= 11 is 1.21. The predicted molar refractivity (Wildman–Crippen MR) is 126 cm³/mol. The Kier molecular flexibility index (Phi) is 5.27. The molecule has 0 aliphatic carbocycles. The van der Waals surface area contributed by atoms with Crippen LogP contribution < -0.4 is 4.90 Å². The van der Waals surface area contributed by atoms with E-state index in [4.69, 9.17) is 4.42 Å². The highest BCUT2D eigenvalue weighted by molar-refractivity contribution is 8.03. The van der Waals surface area contributed by atoms with Gasteiger partial charge < -0.3 is 4.42 Å². The number of anilines is 1. The quantitative estimate of drug-likeness (QED) is 0.214. The number of nitrogens with zero attached hydrogens (tertiary/aromatic N) is 2. The van der Waals surface area contributed by atoms with Gasteiger partial charge in [0.05, 0.1) is 33.1 Å². The average Bonchev–Trinajstić information content (AvgIpc) is 3.43. The van der Waals surface area contributed by atoms with Crippen molar-refractivity contribution in [3.8, 4) is 0 Å². The SMILES string of the molecule is O=C1C(SCc2ccco2)=C(c2ccc([N+](=O)[O-])cc2)C(=O)N1c1cccc2ccccc12. The van der Waals surface area contributed by atoms with Crippen molar-refractivity contribution in [1.82, 2.24) is 0 Å². The van der Waals surface area contributed by atoms with E-state index < -0.39 is 16.7 Å². The van der Waals surface area contributed by atoms with E-state index in [1.54, 1.807) is 30.5 Å². The Morgan fingerprint density at radius 1 is 0.879 bits per heavy atom. The fourth-order valence-electron chi connectivity index (χ4n) is 3.81. The van der Waals surface area contributed by atoms with Crippen LogP contribution in [-0.2, 0) is 15.3 Å². The van der Waals surface area contributed by atoms with Crippen LogP contribution in [0.25, 0.3) is 16.3 Å². The van der Waals surface area contributed by atoms with Crippen LogP contribution >= 0.6 is 11.8 Å². The number of hydrogen-bond donors (Lipinski definition) is 0. The maximum Gasteiger partial charge on any atom is 0.272 e. The highest BCUT2D eigenvalue weighted by Gasteiger charge is 2.41. The lowest BCUT2D eigenvalue weighted by molar-refractivity contribution is -0.384. The predicted octanol–water partition coefficient (Wildman–Crippen LogP) is 5.56. The molecule has 33 heavy (non-hydrogen) atoms. The fraction of sp³-hybridized carbons (Fsp3) is 0.0400. The molecule has 7 nitrogen and oxygen atoms in total. The number of furan rings is 1. The first kappa shape index (κ1) is 20.7. The highest BCUT2D eigenvalue weighted by atomic mass is 32.2. The third kappa shape index (κ3) is 3.70. The summed E-state index contributed by atoms with van der Waals surface area (Å²) in [5.74, 6) is 0.133. The van der Waals surface area contributed by atoms with Gasteiger partial charge in [-0.05, 0) is 41.3 Å². The molecule has 2 heterocycles. The van der Waals surface area contributed by atoms with Gasteiger partial charge in [-0.3, -0.25) is 19.7 Å². The summed E-state index contributed by atoms with van der Waals surface area (Å²) in [7, 11) is 0. The molecule has 0 radical (unpaired) electrons. The summed E-state index contributed by atoms with van der Waals surface area (Å²) in [5.41, 5.74) is 1.07. The zero-order chi connectivity index (χ0) is 22.9. The Morgan fingerprint density at radius 3 is 2.36 bits per heavy atom. The fourth-order valence-corrected chi connectivity index (χ4v) is 4.82. The summed E-state index contributed by atoms with van der Waals surface area (Å²) < 4.78 is 5.38. The number of carbonyl (C=O) groups is 2. The zero-order valence-electron chi connectivity index (χ0n) is 17.1. The van der Waals surface area contributed by atoms with Crippen molar-refractivity contribution in [3.63, 3.8) is 0 Å². The van der Waals surface area contributed by atoms with Crippen molar-refractivity contribution in [1.29, 1.82) is 0 Å². The lowest BCUT2D eigenvalue weighted by atomic mass is 10.1. The van der Waals surface area contributed by atoms with Gasteiger partial charge in [0.2, 0.25) is 0 Å². The molecule has 0 saturated heterocycles. The minimum Gasteiger partial charge on any atom is -0.468 e. The number of rotatable bonds is 6. The molecular weight excluding hydrogens is 440 g/mol. The Morgan fingerprint density at radius 2 is 1.64 bits per heavy atom. The summed E-state index contributed by atoms with van der Waals surface area (Å²) in [4.78, 5) is 39.2. The molecule has 0 fully saturated rings. The summed E-state index contributed by atoms with van der Waals surface area (Å²) in [6.45, 7) is 0. The standard InChI is InChI=1S/C25H16N2O5S/c28-24-22(17-10-12-18(13-11-17)27(30)31)23(33-15-19-7-4-14-32-19)25(29)26(24)21-9-3-6-16-5-1-2-8-20(16)21/h1-14H,15H2. The van der Waals surface area contributed by atoms with Crippen molar-refractivity contribution in [2.75, 3.05) is 4.90 Å². The molecule has 0 atom stereocenters. The first-order chi connectivity index (χ1) is 16.0. The topological polar surface area (TPSA) is 93.7 Å². The number of imide groups is 1. The van der Waals surface area contributed by atoms with Crippen LogP contribution in [0.5, 0.6) is 0 Å². The minimum absolute atomic E-state index is 0.0909. The molecule has 162 valence electrons. The maximum absolute atomic E-state index is 13.6. The number of nitro benzene ring substituents is 1. The smallest absolute Gasteiger partial charge is 0.272 e. The number of nitro groups is 1. The van der Waals surface area contributed by atoms with Crippen LogP contribution in [0.4, 0.5) is 11.4 Å². The molecule has 0 saturated carbocycles. The van der Waals surface area contributed by atoms with E-state index in [2.05, 4.69) is 0 Å². The number of fused-ring (bicyclic) bond motifs is 1. The molecule has 1 aromatic heterocycles. The molecule has 2 amide bonds. The van der Waals surface area contributed by atoms with Crippen molar-refractivity contribution in [3.05, 3.63) is 111 Å². The zero-order valence-corrected chi connectivity index (χ0v) is 18.0. The number of hydrogen-bond acceptors (Lipinski definition) is 6. The van der Waals surface area contributed by atoms with E-state index in [9.17, 15) is 19.7 Å². The molecule has 8 heteroatoms. The van der Waals surface area contributed by atoms with Gasteiger partial charge in [0.25, 0.3) is 17.5 Å². The third-order valence-electron chi connectivity index (χ3n) is 5.35. The number of amides is 2. The lowest BCUT2D eigenvalue weighted by Crippen LogP contribution is -2.31. The Hall–Kier alpha value is -4.17. The highest BCUT2D eigenvalue weighted by Crippen LogP contribution is 2.41. The molecule has 4 aromatic rings. The molecule has 1 aliphatic heterocycles. The Balaban J connectivity index is 1.60. The summed E-state index contributed by atoms with van der Waals surface area (Å²) in [6, 6.07) is 22.2. The summed E-state index contributed by atoms with van der Waals surface area (Å²) in [6.07, 6.45) is 1.55. The molecule has 5 rings (SSSR count). The van der Waals surface area contributed by atoms with Gasteiger partial charge in [0.1, 0.15) is 5.76 Å². The van der Waals surface area contributed by atoms with E-state index in [1.807, 2.05) is 30.3 Å². The molecule has 3 aromatic carbocycles. The monoisotopic (exact) mass is 456 g/mol. The van der Waals surface area contributed by atoms with Crippen LogP contribution in [0.3, 0.4) is 0 Å². The number of thioether (sulfide) groups is 1. The first-order valence-electron chi connectivity index (χ1n) is 10.1. The molecule has 0 spiro atoms. The van der Waals surface area contributed by atoms with E-state index in [1.165, 1.54) is 40.9 Å².